The number of hydrogen-bond donors (Lipinski definition) is 2. The Balaban J connectivity index is 0. The number of nitrogens with two attached hydrogens (primary N) is 2. The first kappa shape index (κ1) is 14.2. The van der Waals surface area contributed by atoms with Crippen LogP contribution in [0.2, 0.25) is 0 Å². The first-order chi connectivity index (χ1) is 5.33. The minimum atomic E-state index is -0.569. The lowest BCUT2D eigenvalue weighted by atomic mass is 10.7. The zero-order valence-electron chi connectivity index (χ0n) is 7.21. The maximum Gasteiger partial charge on any atom is 0.284 e. The van der Waals surface area contributed by atoms with E-state index < -0.39 is 20.0 Å². The van der Waals surface area contributed by atoms with E-state index in [1.807, 2.05) is 0 Å². The highest BCUT2D eigenvalue weighted by atomic mass is 28.4. The highest BCUT2D eigenvalue weighted by Crippen LogP contribution is 1.63. The second kappa shape index (κ2) is 17.0. The molecule has 0 heterocycles. The molecule has 0 saturated carbocycles. The zero-order valence-corrected chi connectivity index (χ0v) is 14.0. The molecule has 0 rings (SSSR count). The topological polar surface area (TPSA) is 79.7 Å². The summed E-state index contributed by atoms with van der Waals surface area (Å²) in [5.74, 6) is 0. The Labute approximate surface area is 78.4 Å². The highest BCUT2D eigenvalue weighted by molar-refractivity contribution is 6.40. The van der Waals surface area contributed by atoms with Crippen molar-refractivity contribution in [2.24, 2.45) is 11.5 Å². The fraction of sp³-hybridized carbons (Fsp3) is 1.00. The molecule has 5 nitrogen and oxygen atoms in total. The van der Waals surface area contributed by atoms with Gasteiger partial charge in [0.15, 0.2) is 0 Å². The van der Waals surface area contributed by atoms with E-state index in [0.29, 0.717) is 13.1 Å². The Hall–Kier alpha value is 0.668. The largest absolute Gasteiger partial charge is 0.449 e. The summed E-state index contributed by atoms with van der Waals surface area (Å²) in [6, 6.07) is 0. The van der Waals surface area contributed by atoms with Gasteiger partial charge in [0.2, 0.25) is 0 Å². The lowest BCUT2D eigenvalue weighted by Crippen LogP contribution is -2.11. The van der Waals surface area contributed by atoms with Crippen molar-refractivity contribution < 1.29 is 12.3 Å². The van der Waals surface area contributed by atoms with Crippen LogP contribution in [0, 0.1) is 0 Å². The van der Waals surface area contributed by atoms with Crippen molar-refractivity contribution in [2.75, 3.05) is 13.1 Å². The predicted molar refractivity (Wildman–Crippen MR) is 58.3 cm³/mol. The molecule has 4 N–H and O–H groups in total. The maximum absolute atomic E-state index is 5.03. The summed E-state index contributed by atoms with van der Waals surface area (Å²) in [6.07, 6.45) is 0. The standard InChI is InChI=1S/C2H8N2.H10O3Si4/c3-1-2-4;4-1-6-3-7-2-5/h1-4H2;6-7H2,4-5H3. The van der Waals surface area contributed by atoms with Crippen LogP contribution in [0.15, 0.2) is 0 Å². The Morgan fingerprint density at radius 2 is 1.36 bits per heavy atom. The Morgan fingerprint density at radius 3 is 1.55 bits per heavy atom. The molecule has 0 atom stereocenters. The van der Waals surface area contributed by atoms with Crippen LogP contribution >= 0.6 is 0 Å². The van der Waals surface area contributed by atoms with E-state index in [2.05, 4.69) is 0 Å². The molecule has 0 aliphatic heterocycles. The molecule has 9 heteroatoms. The van der Waals surface area contributed by atoms with Crippen molar-refractivity contribution in [1.29, 1.82) is 0 Å². The van der Waals surface area contributed by atoms with E-state index in [0.717, 1.165) is 21.0 Å². The first-order valence-corrected chi connectivity index (χ1v) is 7.23. The molecule has 0 unspecified atom stereocenters. The van der Waals surface area contributed by atoms with Crippen LogP contribution in [0.5, 0.6) is 0 Å². The molecular weight excluding hydrogens is 212 g/mol. The average Bonchev–Trinajstić information content (AvgIpc) is 2.06. The van der Waals surface area contributed by atoms with E-state index in [1.165, 1.54) is 0 Å². The zero-order chi connectivity index (χ0) is 8.95. The summed E-state index contributed by atoms with van der Waals surface area (Å²) in [6.45, 7) is 1.19. The van der Waals surface area contributed by atoms with Crippen LogP contribution in [0.25, 0.3) is 0 Å². The SMILES string of the molecule is NCCN.[SiH3]O[SiH2]O[SiH2]O[SiH3]. The van der Waals surface area contributed by atoms with Crippen molar-refractivity contribution in [3.05, 3.63) is 0 Å². The van der Waals surface area contributed by atoms with Crippen LogP contribution in [0.3, 0.4) is 0 Å². The summed E-state index contributed by atoms with van der Waals surface area (Å²) >= 11 is 0. The molecule has 11 heavy (non-hydrogen) atoms. The Bertz CT molecular complexity index is 54.6. The van der Waals surface area contributed by atoms with Crippen LogP contribution in [0.4, 0.5) is 0 Å². The summed E-state index contributed by atoms with van der Waals surface area (Å²) in [4.78, 5) is 0. The van der Waals surface area contributed by atoms with Crippen molar-refractivity contribution in [3.63, 3.8) is 0 Å². The molecule has 0 aliphatic carbocycles. The quantitative estimate of drug-likeness (QED) is 0.364. The third-order valence-electron chi connectivity index (χ3n) is 0.569. The van der Waals surface area contributed by atoms with E-state index in [1.54, 1.807) is 0 Å². The van der Waals surface area contributed by atoms with Gasteiger partial charge in [-0.05, 0) is 0 Å². The average molecular weight is 231 g/mol. The Kier molecular flexibility index (Phi) is 21.9. The van der Waals surface area contributed by atoms with Gasteiger partial charge in [-0.2, -0.15) is 0 Å². The second-order valence-electron chi connectivity index (χ2n) is 1.59. The lowest BCUT2D eigenvalue weighted by Gasteiger charge is -1.97. The molecule has 0 fully saturated rings. The van der Waals surface area contributed by atoms with Gasteiger partial charge in [-0.1, -0.05) is 0 Å². The van der Waals surface area contributed by atoms with Crippen molar-refractivity contribution in [2.45, 2.75) is 0 Å². The summed E-state index contributed by atoms with van der Waals surface area (Å²) in [7, 11) is 0.504. The summed E-state index contributed by atoms with van der Waals surface area (Å²) in [5, 5.41) is 0. The van der Waals surface area contributed by atoms with E-state index in [9.17, 15) is 0 Å². The van der Waals surface area contributed by atoms with Crippen molar-refractivity contribution >= 4 is 41.0 Å². The van der Waals surface area contributed by atoms with Gasteiger partial charge in [-0.15, -0.1) is 0 Å². The molecule has 70 valence electrons. The van der Waals surface area contributed by atoms with Crippen LogP contribution in [-0.4, -0.2) is 54.1 Å². The fourth-order valence-corrected chi connectivity index (χ4v) is 4.81. The normalized spacial score (nSPS) is 11.5. The van der Waals surface area contributed by atoms with Gasteiger partial charge in [-0.3, -0.25) is 0 Å². The minimum Gasteiger partial charge on any atom is -0.449 e. The van der Waals surface area contributed by atoms with Gasteiger partial charge in [0.05, 0.1) is 0 Å². The third kappa shape index (κ3) is 24.9. The molecule has 0 amide bonds. The molecule has 0 aromatic carbocycles. The molecular formula is C2H18N2O3Si4. The minimum absolute atomic E-state index is 0.569. The van der Waals surface area contributed by atoms with Crippen LogP contribution in [0.1, 0.15) is 0 Å². The van der Waals surface area contributed by atoms with Gasteiger partial charge in [0.25, 0.3) is 20.0 Å². The Morgan fingerprint density at radius 1 is 1.00 bits per heavy atom. The van der Waals surface area contributed by atoms with Gasteiger partial charge in [-0.25, -0.2) is 0 Å². The molecule has 0 saturated heterocycles. The van der Waals surface area contributed by atoms with Gasteiger partial charge in [0.1, 0.15) is 21.0 Å². The first-order valence-electron chi connectivity index (χ1n) is 3.29. The molecule has 0 aromatic rings. The highest BCUT2D eigenvalue weighted by Gasteiger charge is 1.80. The molecule has 0 spiro atoms. The summed E-state index contributed by atoms with van der Waals surface area (Å²) < 4.78 is 14.8. The second-order valence-corrected chi connectivity index (χ2v) is 8.32. The van der Waals surface area contributed by atoms with Crippen molar-refractivity contribution in [1.82, 2.24) is 0 Å². The predicted octanol–water partition coefficient (Wildman–Crippen LogP) is -5.50. The molecule has 0 aromatic heterocycles. The fourth-order valence-electron chi connectivity index (χ4n) is 0.201. The van der Waals surface area contributed by atoms with E-state index >= 15 is 0 Å². The van der Waals surface area contributed by atoms with E-state index in [-0.39, 0.29) is 0 Å². The smallest absolute Gasteiger partial charge is 0.284 e. The monoisotopic (exact) mass is 230 g/mol. The van der Waals surface area contributed by atoms with Gasteiger partial charge < -0.3 is 23.8 Å². The van der Waals surface area contributed by atoms with Crippen LogP contribution < -0.4 is 11.5 Å². The van der Waals surface area contributed by atoms with Crippen LogP contribution in [-0.2, 0) is 12.3 Å². The summed E-state index contributed by atoms with van der Waals surface area (Å²) in [5.41, 5.74) is 9.81. The molecule has 0 bridgehead atoms. The number of hydrogen-bond acceptors (Lipinski definition) is 5. The van der Waals surface area contributed by atoms with E-state index in [4.69, 9.17) is 23.8 Å². The third-order valence-corrected chi connectivity index (χ3v) is 3.79. The maximum atomic E-state index is 5.03. The van der Waals surface area contributed by atoms with Crippen molar-refractivity contribution in [3.8, 4) is 0 Å². The van der Waals surface area contributed by atoms with Gasteiger partial charge in [0, 0.05) is 13.1 Å². The number of rotatable bonds is 5. The van der Waals surface area contributed by atoms with Gasteiger partial charge >= 0.3 is 0 Å². The molecule has 0 radical (unpaired) electrons. The molecule has 0 aliphatic rings. The lowest BCUT2D eigenvalue weighted by molar-refractivity contribution is 0.443.